The van der Waals surface area contributed by atoms with Gasteiger partial charge >= 0.3 is 0 Å². The molecular formula is C24H14Cl3N3O3S3. The first-order valence-electron chi connectivity index (χ1n) is 10.3. The largest absolute Gasteiger partial charge is 0.503 e. The summed E-state index contributed by atoms with van der Waals surface area (Å²) >= 11 is 22.4. The highest BCUT2D eigenvalue weighted by Gasteiger charge is 2.46. The number of carbonyl (C=O) groups excluding carboxylic acids is 2. The van der Waals surface area contributed by atoms with E-state index >= 15 is 0 Å². The van der Waals surface area contributed by atoms with Crippen LogP contribution in [0.1, 0.15) is 26.8 Å². The summed E-state index contributed by atoms with van der Waals surface area (Å²) in [5, 5.41) is 22.5. The van der Waals surface area contributed by atoms with Crippen LogP contribution in [0.5, 0.6) is 0 Å². The molecule has 1 unspecified atom stereocenters. The lowest BCUT2D eigenvalue weighted by Crippen LogP contribution is -2.31. The summed E-state index contributed by atoms with van der Waals surface area (Å²) in [6.45, 7) is 0. The van der Waals surface area contributed by atoms with E-state index in [9.17, 15) is 14.7 Å². The Morgan fingerprint density at radius 2 is 1.83 bits per heavy atom. The number of ketones is 1. The minimum Gasteiger partial charge on any atom is -0.503 e. The number of rotatable bonds is 7. The fourth-order valence-electron chi connectivity index (χ4n) is 3.69. The van der Waals surface area contributed by atoms with Gasteiger partial charge in [-0.1, -0.05) is 88.2 Å². The van der Waals surface area contributed by atoms with Gasteiger partial charge in [-0.25, -0.2) is 0 Å². The number of carbonyl (C=O) groups is 2. The first-order chi connectivity index (χ1) is 17.3. The second-order valence-electron chi connectivity index (χ2n) is 7.55. The van der Waals surface area contributed by atoms with Crippen LogP contribution in [0.4, 0.5) is 5.13 Å². The predicted octanol–water partition coefficient (Wildman–Crippen LogP) is 7.64. The Bertz CT molecular complexity index is 1500. The number of thiophene rings is 1. The Labute approximate surface area is 233 Å². The Hall–Kier alpha value is -2.40. The third kappa shape index (κ3) is 4.79. The van der Waals surface area contributed by atoms with E-state index in [2.05, 4.69) is 10.2 Å². The number of amides is 1. The SMILES string of the molecule is O=C(C1=C(O)C(=O)N(c2nnc(SCc3ccccc3Cl)s2)C1c1ccc(Cl)c(Cl)c1)c1cccs1. The maximum Gasteiger partial charge on any atom is 0.296 e. The van der Waals surface area contributed by atoms with E-state index in [4.69, 9.17) is 34.8 Å². The summed E-state index contributed by atoms with van der Waals surface area (Å²) < 4.78 is 0.600. The molecule has 0 fully saturated rings. The Morgan fingerprint density at radius 3 is 2.56 bits per heavy atom. The number of hydrogen-bond donors (Lipinski definition) is 1. The van der Waals surface area contributed by atoms with Crippen LogP contribution in [-0.2, 0) is 10.5 Å². The lowest BCUT2D eigenvalue weighted by Gasteiger charge is -2.24. The molecule has 1 atom stereocenters. The fourth-order valence-corrected chi connectivity index (χ4v) is 6.82. The smallest absolute Gasteiger partial charge is 0.296 e. The van der Waals surface area contributed by atoms with Gasteiger partial charge in [0.25, 0.3) is 5.91 Å². The van der Waals surface area contributed by atoms with Crippen molar-refractivity contribution >= 4 is 86.1 Å². The van der Waals surface area contributed by atoms with Crippen molar-refractivity contribution in [3.8, 4) is 0 Å². The van der Waals surface area contributed by atoms with E-state index in [1.165, 1.54) is 39.3 Å². The summed E-state index contributed by atoms with van der Waals surface area (Å²) in [5.41, 5.74) is 1.39. The molecule has 1 amide bonds. The van der Waals surface area contributed by atoms with Crippen LogP contribution >= 0.6 is 69.2 Å². The van der Waals surface area contributed by atoms with Crippen LogP contribution in [0.2, 0.25) is 15.1 Å². The Kier molecular flexibility index (Phi) is 7.39. The molecule has 6 nitrogen and oxygen atoms in total. The molecule has 5 rings (SSSR count). The summed E-state index contributed by atoms with van der Waals surface area (Å²) in [7, 11) is 0. The molecule has 0 bridgehead atoms. The van der Waals surface area contributed by atoms with Crippen molar-refractivity contribution in [1.29, 1.82) is 0 Å². The third-order valence-electron chi connectivity index (χ3n) is 5.37. The molecule has 3 heterocycles. The number of benzene rings is 2. The second-order valence-corrected chi connectivity index (χ2v) is 11.9. The van der Waals surface area contributed by atoms with Gasteiger partial charge in [0.2, 0.25) is 10.9 Å². The van der Waals surface area contributed by atoms with Crippen molar-refractivity contribution in [2.75, 3.05) is 4.90 Å². The second kappa shape index (κ2) is 10.5. The van der Waals surface area contributed by atoms with E-state index in [1.807, 2.05) is 24.3 Å². The Morgan fingerprint density at radius 1 is 1.03 bits per heavy atom. The molecule has 12 heteroatoms. The highest BCUT2D eigenvalue weighted by molar-refractivity contribution is 8.00. The highest BCUT2D eigenvalue weighted by Crippen LogP contribution is 2.45. The summed E-state index contributed by atoms with van der Waals surface area (Å²) in [6, 6.07) is 14.7. The van der Waals surface area contributed by atoms with Gasteiger partial charge in [-0.05, 0) is 40.8 Å². The standard InChI is InChI=1S/C24H14Cl3N3O3S3/c25-14-5-2-1-4-13(14)11-35-24-29-28-23(36-24)30-19(12-7-8-15(26)16(27)10-12)18(21(32)22(30)33)20(31)17-6-3-9-34-17/h1-10,19,32H,11H2. The number of nitrogens with zero attached hydrogens (tertiary/aromatic N) is 3. The number of halogens is 3. The molecule has 2 aromatic heterocycles. The van der Waals surface area contributed by atoms with Gasteiger partial charge in [0.15, 0.2) is 10.1 Å². The highest BCUT2D eigenvalue weighted by atomic mass is 35.5. The molecule has 182 valence electrons. The van der Waals surface area contributed by atoms with Crippen LogP contribution < -0.4 is 4.90 Å². The van der Waals surface area contributed by atoms with Gasteiger partial charge in [0.1, 0.15) is 0 Å². The minimum absolute atomic E-state index is 0.0543. The first-order valence-corrected chi connectivity index (χ1v) is 14.2. The predicted molar refractivity (Wildman–Crippen MR) is 146 cm³/mol. The van der Waals surface area contributed by atoms with Crippen molar-refractivity contribution in [3.63, 3.8) is 0 Å². The monoisotopic (exact) mass is 593 g/mol. The maximum atomic E-state index is 13.4. The van der Waals surface area contributed by atoms with Gasteiger partial charge in [0, 0.05) is 10.8 Å². The quantitative estimate of drug-likeness (QED) is 0.135. The van der Waals surface area contributed by atoms with Crippen LogP contribution in [0.15, 0.2) is 75.6 Å². The number of anilines is 1. The molecule has 4 aromatic rings. The lowest BCUT2D eigenvalue weighted by atomic mass is 9.95. The summed E-state index contributed by atoms with van der Waals surface area (Å²) in [5.74, 6) is -1.27. The van der Waals surface area contributed by atoms with Crippen molar-refractivity contribution in [2.24, 2.45) is 0 Å². The van der Waals surface area contributed by atoms with Crippen molar-refractivity contribution in [3.05, 3.63) is 102 Å². The van der Waals surface area contributed by atoms with Crippen molar-refractivity contribution in [2.45, 2.75) is 16.1 Å². The van der Waals surface area contributed by atoms with Crippen LogP contribution in [0.3, 0.4) is 0 Å². The zero-order valence-electron chi connectivity index (χ0n) is 18.0. The molecule has 36 heavy (non-hydrogen) atoms. The van der Waals surface area contributed by atoms with Crippen molar-refractivity contribution in [1.82, 2.24) is 10.2 Å². The number of hydrogen-bond acceptors (Lipinski definition) is 8. The summed E-state index contributed by atoms with van der Waals surface area (Å²) in [6.07, 6.45) is 0. The van der Waals surface area contributed by atoms with Gasteiger partial charge in [-0.15, -0.1) is 21.5 Å². The number of Topliss-reactive ketones (excluding diaryl/α,β-unsaturated/α-hetero) is 1. The zero-order valence-corrected chi connectivity index (χ0v) is 22.7. The van der Waals surface area contributed by atoms with Gasteiger partial charge in [-0.2, -0.15) is 0 Å². The zero-order chi connectivity index (χ0) is 25.4. The molecule has 0 radical (unpaired) electrons. The van der Waals surface area contributed by atoms with Crippen LogP contribution in [0.25, 0.3) is 0 Å². The molecule has 1 N–H and O–H groups in total. The van der Waals surface area contributed by atoms with E-state index in [1.54, 1.807) is 35.7 Å². The Balaban J connectivity index is 1.51. The van der Waals surface area contributed by atoms with Gasteiger partial charge < -0.3 is 5.11 Å². The number of thioether (sulfide) groups is 1. The van der Waals surface area contributed by atoms with E-state index in [-0.39, 0.29) is 15.7 Å². The van der Waals surface area contributed by atoms with Gasteiger partial charge in [0.05, 0.1) is 26.5 Å². The van der Waals surface area contributed by atoms with E-state index in [0.717, 1.165) is 5.56 Å². The van der Waals surface area contributed by atoms with E-state index in [0.29, 0.717) is 30.6 Å². The number of aliphatic hydroxyl groups excluding tert-OH is 1. The molecule has 0 aliphatic carbocycles. The normalized spacial score (nSPS) is 15.7. The molecule has 1 aliphatic heterocycles. The molecule has 1 aliphatic rings. The summed E-state index contributed by atoms with van der Waals surface area (Å²) in [4.78, 5) is 28.3. The maximum absolute atomic E-state index is 13.4. The van der Waals surface area contributed by atoms with Crippen molar-refractivity contribution < 1.29 is 14.7 Å². The molecule has 0 saturated carbocycles. The number of aliphatic hydroxyl groups is 1. The third-order valence-corrected chi connectivity index (χ3v) is 9.45. The van der Waals surface area contributed by atoms with Crippen LogP contribution in [-0.4, -0.2) is 27.0 Å². The lowest BCUT2D eigenvalue weighted by molar-refractivity contribution is -0.117. The number of aromatic nitrogens is 2. The first kappa shape index (κ1) is 25.3. The average Bonchev–Trinajstić information content (AvgIpc) is 3.61. The van der Waals surface area contributed by atoms with E-state index < -0.39 is 23.5 Å². The molecular weight excluding hydrogens is 581 g/mol. The van der Waals surface area contributed by atoms with Gasteiger partial charge in [-0.3, -0.25) is 14.5 Å². The average molecular weight is 595 g/mol. The topological polar surface area (TPSA) is 83.4 Å². The minimum atomic E-state index is -0.962. The molecule has 2 aromatic carbocycles. The van der Waals surface area contributed by atoms with Crippen LogP contribution in [0, 0.1) is 0 Å². The molecule has 0 spiro atoms. The molecule has 0 saturated heterocycles. The fraction of sp³-hybridized carbons (Fsp3) is 0.0833.